The molecule has 5 heteroatoms. The third kappa shape index (κ3) is 3.41. The molecule has 0 aliphatic carbocycles. The van der Waals surface area contributed by atoms with Crippen molar-refractivity contribution in [2.45, 2.75) is 39.7 Å². The summed E-state index contributed by atoms with van der Waals surface area (Å²) in [4.78, 5) is 0. The van der Waals surface area contributed by atoms with Gasteiger partial charge in [-0.3, -0.25) is 0 Å². The summed E-state index contributed by atoms with van der Waals surface area (Å²) in [7, 11) is 0. The molecule has 108 valence electrons. The molecule has 20 heavy (non-hydrogen) atoms. The molecule has 1 heterocycles. The molecule has 0 aliphatic heterocycles. The molecule has 1 aromatic heterocycles. The predicted molar refractivity (Wildman–Crippen MR) is 81.4 cm³/mol. The second-order valence-electron chi connectivity index (χ2n) is 4.82. The molecule has 2 rings (SSSR count). The summed E-state index contributed by atoms with van der Waals surface area (Å²) in [5.74, 6) is -0.238. The van der Waals surface area contributed by atoms with E-state index in [-0.39, 0.29) is 11.9 Å². The van der Waals surface area contributed by atoms with Gasteiger partial charge in [-0.05, 0) is 44.0 Å². The Labute approximate surface area is 123 Å². The lowest BCUT2D eigenvalue weighted by molar-refractivity contribution is 0.513. The van der Waals surface area contributed by atoms with Gasteiger partial charge in [0.1, 0.15) is 15.8 Å². The van der Waals surface area contributed by atoms with E-state index in [0.717, 1.165) is 40.5 Å². The lowest BCUT2D eigenvalue weighted by atomic mass is 10.1. The minimum atomic E-state index is -0.238. The molecule has 0 spiro atoms. The molecule has 0 aliphatic rings. The van der Waals surface area contributed by atoms with Gasteiger partial charge in [0.15, 0.2) is 0 Å². The first-order valence-electron chi connectivity index (χ1n) is 6.99. The summed E-state index contributed by atoms with van der Waals surface area (Å²) in [6.45, 7) is 7.19. The Morgan fingerprint density at radius 3 is 2.80 bits per heavy atom. The zero-order valence-electron chi connectivity index (χ0n) is 12.1. The molecule has 0 amide bonds. The molecule has 1 unspecified atom stereocenters. The van der Waals surface area contributed by atoms with Crippen molar-refractivity contribution in [1.82, 2.24) is 15.5 Å². The number of aryl methyl sites for hydroxylation is 1. The zero-order chi connectivity index (χ0) is 14.5. The number of nitrogens with zero attached hydrogens (tertiary/aromatic N) is 2. The maximum absolute atomic E-state index is 13.4. The van der Waals surface area contributed by atoms with Crippen molar-refractivity contribution in [3.05, 3.63) is 34.6 Å². The maximum atomic E-state index is 13.4. The van der Waals surface area contributed by atoms with Crippen molar-refractivity contribution in [2.75, 3.05) is 6.54 Å². The van der Waals surface area contributed by atoms with Crippen LogP contribution in [0, 0.1) is 12.7 Å². The van der Waals surface area contributed by atoms with Crippen LogP contribution in [0.2, 0.25) is 0 Å². The van der Waals surface area contributed by atoms with Gasteiger partial charge in [0.25, 0.3) is 0 Å². The molecule has 3 nitrogen and oxygen atoms in total. The topological polar surface area (TPSA) is 37.8 Å². The van der Waals surface area contributed by atoms with E-state index in [1.54, 1.807) is 17.4 Å². The van der Waals surface area contributed by atoms with E-state index in [2.05, 4.69) is 29.4 Å². The summed E-state index contributed by atoms with van der Waals surface area (Å²) < 4.78 is 13.4. The minimum Gasteiger partial charge on any atom is -0.308 e. The van der Waals surface area contributed by atoms with Crippen molar-refractivity contribution in [3.63, 3.8) is 0 Å². The van der Waals surface area contributed by atoms with E-state index in [1.807, 2.05) is 6.92 Å². The SMILES string of the molecule is CCCNC(CC)c1nnc(-c2cc(F)ccc2C)s1. The van der Waals surface area contributed by atoms with Crippen LogP contribution in [0.15, 0.2) is 18.2 Å². The Bertz CT molecular complexity index is 568. The second-order valence-corrected chi connectivity index (χ2v) is 5.83. The largest absolute Gasteiger partial charge is 0.308 e. The highest BCUT2D eigenvalue weighted by Gasteiger charge is 2.16. The molecule has 0 radical (unpaired) electrons. The van der Waals surface area contributed by atoms with E-state index >= 15 is 0 Å². The predicted octanol–water partition coefficient (Wildman–Crippen LogP) is 4.10. The number of rotatable bonds is 6. The highest BCUT2D eigenvalue weighted by Crippen LogP contribution is 2.30. The quantitative estimate of drug-likeness (QED) is 0.871. The van der Waals surface area contributed by atoms with Crippen molar-refractivity contribution in [1.29, 1.82) is 0 Å². The van der Waals surface area contributed by atoms with Crippen molar-refractivity contribution in [3.8, 4) is 10.6 Å². The first-order valence-corrected chi connectivity index (χ1v) is 7.80. The number of halogens is 1. The van der Waals surface area contributed by atoms with Crippen molar-refractivity contribution in [2.24, 2.45) is 0 Å². The molecule has 1 N–H and O–H groups in total. The van der Waals surface area contributed by atoms with Crippen molar-refractivity contribution >= 4 is 11.3 Å². The van der Waals surface area contributed by atoms with E-state index < -0.39 is 0 Å². The Balaban J connectivity index is 2.25. The van der Waals surface area contributed by atoms with Gasteiger partial charge in [-0.15, -0.1) is 10.2 Å². The van der Waals surface area contributed by atoms with Gasteiger partial charge in [0.2, 0.25) is 0 Å². The first-order chi connectivity index (χ1) is 9.65. The summed E-state index contributed by atoms with van der Waals surface area (Å²) in [6, 6.07) is 5.01. The molecule has 0 bridgehead atoms. The van der Waals surface area contributed by atoms with Crippen LogP contribution in [0.1, 0.15) is 43.3 Å². The van der Waals surface area contributed by atoms with Crippen LogP contribution in [0.5, 0.6) is 0 Å². The second kappa shape index (κ2) is 6.90. The van der Waals surface area contributed by atoms with Crippen LogP contribution >= 0.6 is 11.3 Å². The number of benzene rings is 1. The smallest absolute Gasteiger partial charge is 0.148 e. The Kier molecular flexibility index (Phi) is 5.20. The average molecular weight is 293 g/mol. The molecular weight excluding hydrogens is 273 g/mol. The van der Waals surface area contributed by atoms with E-state index in [9.17, 15) is 4.39 Å². The van der Waals surface area contributed by atoms with Gasteiger partial charge in [-0.2, -0.15) is 0 Å². The fourth-order valence-electron chi connectivity index (χ4n) is 2.03. The summed E-state index contributed by atoms with van der Waals surface area (Å²) >= 11 is 1.54. The summed E-state index contributed by atoms with van der Waals surface area (Å²) in [5.41, 5.74) is 1.85. The van der Waals surface area contributed by atoms with Gasteiger partial charge in [0.05, 0.1) is 6.04 Å². The van der Waals surface area contributed by atoms with Gasteiger partial charge in [0, 0.05) is 5.56 Å². The Morgan fingerprint density at radius 1 is 1.30 bits per heavy atom. The standard InChI is InChI=1S/C15H20FN3S/c1-4-8-17-13(5-2)15-19-18-14(20-15)12-9-11(16)7-6-10(12)3/h6-7,9,13,17H,4-5,8H2,1-3H3. The minimum absolute atomic E-state index is 0.232. The summed E-state index contributed by atoms with van der Waals surface area (Å²) in [6.07, 6.45) is 2.06. The molecule has 1 atom stereocenters. The third-order valence-corrected chi connectivity index (χ3v) is 4.29. The Hall–Kier alpha value is -1.33. The van der Waals surface area contributed by atoms with Gasteiger partial charge < -0.3 is 5.32 Å². The zero-order valence-corrected chi connectivity index (χ0v) is 12.9. The molecule has 0 saturated carbocycles. The molecule has 0 saturated heterocycles. The lowest BCUT2D eigenvalue weighted by Crippen LogP contribution is -2.21. The maximum Gasteiger partial charge on any atom is 0.148 e. The fraction of sp³-hybridized carbons (Fsp3) is 0.467. The van der Waals surface area contributed by atoms with Crippen LogP contribution in [-0.4, -0.2) is 16.7 Å². The lowest BCUT2D eigenvalue weighted by Gasteiger charge is -2.12. The highest BCUT2D eigenvalue weighted by molar-refractivity contribution is 7.14. The Morgan fingerprint density at radius 2 is 2.10 bits per heavy atom. The highest BCUT2D eigenvalue weighted by atomic mass is 32.1. The van der Waals surface area contributed by atoms with Crippen LogP contribution in [-0.2, 0) is 0 Å². The number of nitrogens with one attached hydrogen (secondary N) is 1. The normalized spacial score (nSPS) is 12.6. The molecular formula is C15H20FN3S. The van der Waals surface area contributed by atoms with Gasteiger partial charge in [-0.1, -0.05) is 31.3 Å². The van der Waals surface area contributed by atoms with Crippen LogP contribution in [0.25, 0.3) is 10.6 Å². The van der Waals surface area contributed by atoms with Gasteiger partial charge >= 0.3 is 0 Å². The monoisotopic (exact) mass is 293 g/mol. The number of hydrogen-bond donors (Lipinski definition) is 1. The van der Waals surface area contributed by atoms with E-state index in [4.69, 9.17) is 0 Å². The van der Waals surface area contributed by atoms with E-state index in [1.165, 1.54) is 12.1 Å². The third-order valence-electron chi connectivity index (χ3n) is 3.22. The van der Waals surface area contributed by atoms with Gasteiger partial charge in [-0.25, -0.2) is 4.39 Å². The van der Waals surface area contributed by atoms with Crippen LogP contribution < -0.4 is 5.32 Å². The molecule has 2 aromatic rings. The molecule has 0 fully saturated rings. The fourth-order valence-corrected chi connectivity index (χ4v) is 3.12. The van der Waals surface area contributed by atoms with Crippen LogP contribution in [0.3, 0.4) is 0 Å². The number of hydrogen-bond acceptors (Lipinski definition) is 4. The van der Waals surface area contributed by atoms with Crippen LogP contribution in [0.4, 0.5) is 4.39 Å². The summed E-state index contributed by atoms with van der Waals surface area (Å²) in [5, 5.41) is 13.7. The number of aromatic nitrogens is 2. The van der Waals surface area contributed by atoms with Crippen molar-refractivity contribution < 1.29 is 4.39 Å². The molecule has 1 aromatic carbocycles. The first kappa shape index (κ1) is 15.1. The van der Waals surface area contributed by atoms with E-state index in [0.29, 0.717) is 0 Å². The average Bonchev–Trinajstić information content (AvgIpc) is 2.92.